The molecule has 1 heterocycles. The molecule has 0 bridgehead atoms. The first kappa shape index (κ1) is 11.5. The third-order valence-corrected chi connectivity index (χ3v) is 2.45. The Morgan fingerprint density at radius 3 is 2.65 bits per heavy atom. The molecule has 0 atom stereocenters. The number of aryl methyl sites for hydroxylation is 1. The Morgan fingerprint density at radius 1 is 1.29 bits per heavy atom. The molecule has 0 spiro atoms. The van der Waals surface area contributed by atoms with Crippen LogP contribution >= 0.6 is 0 Å². The summed E-state index contributed by atoms with van der Waals surface area (Å²) in [5.41, 5.74) is 2.58. The number of benzene rings is 1. The first-order valence-corrected chi connectivity index (χ1v) is 5.53. The molecule has 0 fully saturated rings. The molecule has 0 saturated heterocycles. The lowest BCUT2D eigenvalue weighted by Gasteiger charge is -1.97. The van der Waals surface area contributed by atoms with Gasteiger partial charge in [0.2, 0.25) is 0 Å². The van der Waals surface area contributed by atoms with Gasteiger partial charge in [-0.05, 0) is 19.9 Å². The topological polar surface area (TPSA) is 39.4 Å². The average molecular weight is 232 g/mol. The molecule has 88 valence electrons. The highest BCUT2D eigenvalue weighted by Crippen LogP contribution is 2.22. The van der Waals surface area contributed by atoms with Gasteiger partial charge in [-0.1, -0.05) is 29.8 Å². The maximum atomic E-state index is 11.5. The van der Waals surface area contributed by atoms with Crippen LogP contribution in [0, 0.1) is 6.92 Å². The van der Waals surface area contributed by atoms with Crippen molar-refractivity contribution in [3.8, 4) is 11.3 Å². The van der Waals surface area contributed by atoms with Gasteiger partial charge in [-0.25, -0.2) is 4.79 Å². The van der Waals surface area contributed by atoms with E-state index in [1.165, 1.54) is 11.8 Å². The Bertz CT molecular complexity index is 509. The Kier molecular flexibility index (Phi) is 3.28. The van der Waals surface area contributed by atoms with E-state index in [-0.39, 0.29) is 5.97 Å². The van der Waals surface area contributed by atoms with Crippen LogP contribution < -0.4 is 0 Å². The van der Waals surface area contributed by atoms with Crippen molar-refractivity contribution in [2.24, 2.45) is 0 Å². The van der Waals surface area contributed by atoms with E-state index in [0.717, 1.165) is 5.56 Å². The predicted molar refractivity (Wildman–Crippen MR) is 64.8 cm³/mol. The maximum Gasteiger partial charge on any atom is 0.341 e. The molecule has 17 heavy (non-hydrogen) atoms. The number of hydrogen-bond acceptors (Lipinski definition) is 3. The monoisotopic (exact) mass is 232 g/mol. The maximum absolute atomic E-state index is 11.5. The molecule has 0 N–H and O–H groups in total. The van der Waals surface area contributed by atoms with E-state index < -0.39 is 0 Å². The Hall–Kier alpha value is -2.03. The number of esters is 1. The van der Waals surface area contributed by atoms with Crippen LogP contribution in [0.15, 0.2) is 41.0 Å². The number of rotatable bonds is 3. The predicted octanol–water partition coefficient (Wildman–Crippen LogP) is 3.43. The lowest BCUT2D eigenvalue weighted by atomic mass is 10.1. The van der Waals surface area contributed by atoms with Crippen LogP contribution in [0.5, 0.6) is 0 Å². The summed E-state index contributed by atoms with van der Waals surface area (Å²) in [4.78, 5) is 11.5. The van der Waals surface area contributed by atoms with Crippen LogP contribution in [0.3, 0.4) is 0 Å². The van der Waals surface area contributed by atoms with Crippen LogP contribution in [-0.2, 0) is 4.74 Å². The van der Waals surface area contributed by atoms with Crippen molar-refractivity contribution in [2.75, 3.05) is 6.61 Å². The summed E-state index contributed by atoms with van der Waals surface area (Å²) in [5.74, 6) is 0.322. The van der Waals surface area contributed by atoms with Gasteiger partial charge in [-0.2, -0.15) is 0 Å². The van der Waals surface area contributed by atoms with Crippen molar-refractivity contribution in [3.05, 3.63) is 47.7 Å². The minimum atomic E-state index is -0.352. The van der Waals surface area contributed by atoms with E-state index >= 15 is 0 Å². The Labute approximate surface area is 100 Å². The zero-order chi connectivity index (χ0) is 12.3. The van der Waals surface area contributed by atoms with Crippen LogP contribution in [0.2, 0.25) is 0 Å². The average Bonchev–Trinajstić information content (AvgIpc) is 2.80. The minimum Gasteiger partial charge on any atom is -0.463 e. The lowest BCUT2D eigenvalue weighted by Crippen LogP contribution is -2.02. The van der Waals surface area contributed by atoms with Crippen molar-refractivity contribution in [2.45, 2.75) is 13.8 Å². The number of carbonyl (C=O) groups is 1. The number of hydrogen-bond donors (Lipinski definition) is 0. The molecule has 1 aromatic carbocycles. The third kappa shape index (κ3) is 2.56. The fourth-order valence-electron chi connectivity index (χ4n) is 1.53. The molecule has 0 amide bonds. The molecular weight excluding hydrogens is 218 g/mol. The van der Waals surface area contributed by atoms with Gasteiger partial charge in [-0.3, -0.25) is 0 Å². The van der Waals surface area contributed by atoms with Gasteiger partial charge >= 0.3 is 5.97 Å². The Morgan fingerprint density at radius 2 is 2.00 bits per heavy atom. The van der Waals surface area contributed by atoms with E-state index in [9.17, 15) is 4.79 Å². The molecule has 2 rings (SSSR count). The van der Waals surface area contributed by atoms with Gasteiger partial charge in [0.1, 0.15) is 12.0 Å². The number of furan rings is 1. The molecule has 0 saturated carbocycles. The summed E-state index contributed by atoms with van der Waals surface area (Å²) in [6.45, 7) is 4.17. The van der Waals surface area contributed by atoms with E-state index in [1.807, 2.05) is 31.2 Å². The van der Waals surface area contributed by atoms with Crippen molar-refractivity contribution < 1.29 is 13.9 Å². The van der Waals surface area contributed by atoms with E-state index in [0.29, 0.717) is 17.9 Å². The third-order valence-electron chi connectivity index (χ3n) is 2.45. The van der Waals surface area contributed by atoms with Gasteiger partial charge in [0.25, 0.3) is 0 Å². The van der Waals surface area contributed by atoms with Crippen molar-refractivity contribution in [3.63, 3.8) is 0 Å². The molecule has 0 aliphatic heterocycles. The van der Waals surface area contributed by atoms with Gasteiger partial charge in [0.05, 0.1) is 12.2 Å². The molecule has 2 aromatic rings. The molecular formula is C14H14O3. The summed E-state index contributed by atoms with van der Waals surface area (Å²) in [6, 6.07) is 9.62. The van der Waals surface area contributed by atoms with Crippen molar-refractivity contribution in [1.82, 2.24) is 0 Å². The molecule has 3 nitrogen and oxygen atoms in total. The smallest absolute Gasteiger partial charge is 0.341 e. The highest BCUT2D eigenvalue weighted by atomic mass is 18.2. The van der Waals surface area contributed by atoms with Crippen molar-refractivity contribution in [1.29, 1.82) is 0 Å². The van der Waals surface area contributed by atoms with Gasteiger partial charge in [-0.15, -0.1) is 0 Å². The normalized spacial score (nSPS) is 10.2. The second-order valence-corrected chi connectivity index (χ2v) is 3.79. The first-order valence-electron chi connectivity index (χ1n) is 5.53. The van der Waals surface area contributed by atoms with Gasteiger partial charge < -0.3 is 9.15 Å². The molecule has 0 aliphatic carbocycles. The highest BCUT2D eigenvalue weighted by molar-refractivity contribution is 5.90. The highest BCUT2D eigenvalue weighted by Gasteiger charge is 2.11. The molecule has 3 heteroatoms. The quantitative estimate of drug-likeness (QED) is 0.761. The number of carbonyl (C=O) groups excluding carboxylic acids is 1. The second kappa shape index (κ2) is 4.87. The van der Waals surface area contributed by atoms with Crippen LogP contribution in [0.25, 0.3) is 11.3 Å². The molecule has 0 radical (unpaired) electrons. The summed E-state index contributed by atoms with van der Waals surface area (Å²) < 4.78 is 10.3. The second-order valence-electron chi connectivity index (χ2n) is 3.79. The largest absolute Gasteiger partial charge is 0.463 e. The summed E-state index contributed by atoms with van der Waals surface area (Å²) in [6.07, 6.45) is 1.42. The standard InChI is InChI=1S/C14H14O3/c1-3-16-14(15)12-8-13(17-9-12)11-6-4-10(2)5-7-11/h4-9H,3H2,1-2H3/i17+2. The van der Waals surface area contributed by atoms with Gasteiger partial charge in [0.15, 0.2) is 0 Å². The fraction of sp³-hybridized carbons (Fsp3) is 0.214. The zero-order valence-electron chi connectivity index (χ0n) is 9.90. The molecule has 0 unspecified atom stereocenters. The van der Waals surface area contributed by atoms with Crippen LogP contribution in [0.1, 0.15) is 22.8 Å². The summed E-state index contributed by atoms with van der Waals surface area (Å²) in [7, 11) is 0. The van der Waals surface area contributed by atoms with E-state index in [4.69, 9.17) is 9.15 Å². The van der Waals surface area contributed by atoms with Crippen LogP contribution in [0.4, 0.5) is 0 Å². The minimum absolute atomic E-state index is 0.352. The van der Waals surface area contributed by atoms with Gasteiger partial charge in [0, 0.05) is 5.56 Å². The Balaban J connectivity index is 2.23. The lowest BCUT2D eigenvalue weighted by molar-refractivity contribution is 0.0525. The van der Waals surface area contributed by atoms with Crippen molar-refractivity contribution >= 4 is 5.97 Å². The van der Waals surface area contributed by atoms with Crippen LogP contribution in [-0.4, -0.2) is 12.6 Å². The first-order chi connectivity index (χ1) is 8.20. The SMILES string of the molecule is CCOC(=O)c1c[18o]c(-c2ccc(C)cc2)c1. The summed E-state index contributed by atoms with van der Waals surface area (Å²) >= 11 is 0. The summed E-state index contributed by atoms with van der Waals surface area (Å²) in [5, 5.41) is 0. The fourth-order valence-corrected chi connectivity index (χ4v) is 1.53. The number of ether oxygens (including phenoxy) is 1. The van der Waals surface area contributed by atoms with E-state index in [2.05, 4.69) is 0 Å². The molecule has 0 aliphatic rings. The van der Waals surface area contributed by atoms with E-state index in [1.54, 1.807) is 13.0 Å². The molecule has 1 aromatic heterocycles. The zero-order valence-corrected chi connectivity index (χ0v) is 9.90.